The van der Waals surface area contributed by atoms with E-state index in [1.807, 2.05) is 0 Å². The zero-order valence-electron chi connectivity index (χ0n) is 11.7. The van der Waals surface area contributed by atoms with Crippen molar-refractivity contribution >= 4 is 90.4 Å². The average molecular weight is 726 g/mol. The summed E-state index contributed by atoms with van der Waals surface area (Å²) >= 11 is 9.85. The van der Waals surface area contributed by atoms with Gasteiger partial charge in [0, 0.05) is 19.7 Å². The van der Waals surface area contributed by atoms with Crippen molar-refractivity contribution in [3.63, 3.8) is 0 Å². The first kappa shape index (κ1) is 17.2. The van der Waals surface area contributed by atoms with Gasteiger partial charge in [-0.25, -0.2) is 0 Å². The van der Waals surface area contributed by atoms with Gasteiger partial charge in [0.15, 0.2) is 0 Å². The number of hydrogen-bond donors (Lipinski definition) is 0. The van der Waals surface area contributed by atoms with Crippen molar-refractivity contribution in [2.75, 3.05) is 0 Å². The van der Waals surface area contributed by atoms with Crippen molar-refractivity contribution in [2.45, 2.75) is 32.1 Å². The van der Waals surface area contributed by atoms with Crippen LogP contribution in [-0.2, 0) is 5.41 Å². The molecule has 0 amide bonds. The quantitative estimate of drug-likeness (QED) is 0.288. The van der Waals surface area contributed by atoms with Crippen molar-refractivity contribution in [2.24, 2.45) is 0 Å². The Labute approximate surface area is 180 Å². The average Bonchev–Trinajstić information content (AvgIpc) is 2.70. The highest BCUT2D eigenvalue weighted by atomic mass is 127. The first-order chi connectivity index (χ1) is 9.94. The van der Waals surface area contributed by atoms with E-state index in [1.54, 1.807) is 0 Å². The van der Waals surface area contributed by atoms with Gasteiger partial charge >= 0.3 is 0 Å². The molecule has 2 aromatic carbocycles. The normalized spacial score (nSPS) is 15.0. The summed E-state index contributed by atoms with van der Waals surface area (Å²) in [6.45, 7) is 4.66. The van der Waals surface area contributed by atoms with Gasteiger partial charge < -0.3 is 0 Å². The first-order valence-electron chi connectivity index (χ1n) is 6.94. The molecule has 0 fully saturated rings. The minimum absolute atomic E-state index is 0.194. The summed E-state index contributed by atoms with van der Waals surface area (Å²) in [5, 5.41) is 0. The van der Waals surface area contributed by atoms with E-state index in [0.29, 0.717) is 0 Å². The molecule has 2 aromatic rings. The predicted octanol–water partition coefficient (Wildman–Crippen LogP) is 7.19. The van der Waals surface area contributed by atoms with Gasteiger partial charge in [-0.05, 0) is 150 Å². The van der Waals surface area contributed by atoms with E-state index in [0.717, 1.165) is 12.8 Å². The molecule has 0 saturated carbocycles. The summed E-state index contributed by atoms with van der Waals surface area (Å²) in [5.74, 6) is 0. The van der Waals surface area contributed by atoms with E-state index in [-0.39, 0.29) is 5.41 Å². The van der Waals surface area contributed by atoms with Gasteiger partial charge in [0.25, 0.3) is 0 Å². The maximum atomic E-state index is 2.47. The molecule has 0 N–H and O–H groups in total. The molecule has 0 saturated heterocycles. The SMILES string of the molecule is CCC1(CC)c2cc(I)c(I)cc2-c2cc(I)c(I)cc21. The Morgan fingerprint density at radius 3 is 1.33 bits per heavy atom. The zero-order chi connectivity index (χ0) is 15.4. The highest BCUT2D eigenvalue weighted by molar-refractivity contribution is 14.1. The van der Waals surface area contributed by atoms with Crippen LogP contribution >= 0.6 is 90.4 Å². The summed E-state index contributed by atoms with van der Waals surface area (Å²) in [6.07, 6.45) is 2.33. The van der Waals surface area contributed by atoms with Gasteiger partial charge in [0.2, 0.25) is 0 Å². The largest absolute Gasteiger partial charge is 0.0642 e. The van der Waals surface area contributed by atoms with E-state index in [4.69, 9.17) is 0 Å². The van der Waals surface area contributed by atoms with Crippen LogP contribution in [0.3, 0.4) is 0 Å². The summed E-state index contributed by atoms with van der Waals surface area (Å²) in [6, 6.07) is 9.60. The van der Waals surface area contributed by atoms with Crippen molar-refractivity contribution in [1.29, 1.82) is 0 Å². The summed E-state index contributed by atoms with van der Waals surface area (Å²) in [4.78, 5) is 0. The van der Waals surface area contributed by atoms with Crippen LogP contribution in [0.25, 0.3) is 11.1 Å². The molecule has 0 aromatic heterocycles. The second-order valence-electron chi connectivity index (χ2n) is 5.41. The van der Waals surface area contributed by atoms with Crippen LogP contribution in [0.15, 0.2) is 24.3 Å². The highest BCUT2D eigenvalue weighted by Crippen LogP contribution is 2.54. The second-order valence-corrected chi connectivity index (χ2v) is 10.1. The van der Waals surface area contributed by atoms with Gasteiger partial charge in [-0.15, -0.1) is 0 Å². The Morgan fingerprint density at radius 1 is 0.667 bits per heavy atom. The Hall–Kier alpha value is 1.36. The van der Waals surface area contributed by atoms with Crippen molar-refractivity contribution in [3.05, 3.63) is 49.7 Å². The number of hydrogen-bond acceptors (Lipinski definition) is 0. The van der Waals surface area contributed by atoms with E-state index in [1.165, 1.54) is 36.5 Å². The summed E-state index contributed by atoms with van der Waals surface area (Å²) in [5.41, 5.74) is 6.16. The molecule has 4 heteroatoms. The third-order valence-corrected chi connectivity index (χ3v) is 10.3. The smallest absolute Gasteiger partial charge is 0.0270 e. The van der Waals surface area contributed by atoms with Crippen molar-refractivity contribution in [3.8, 4) is 11.1 Å². The summed E-state index contributed by atoms with van der Waals surface area (Å²) < 4.78 is 5.45. The monoisotopic (exact) mass is 726 g/mol. The molecule has 0 heterocycles. The third-order valence-electron chi connectivity index (χ3n) is 4.65. The number of fused-ring (bicyclic) bond motifs is 3. The molecule has 1 aliphatic carbocycles. The van der Waals surface area contributed by atoms with E-state index in [2.05, 4.69) is 128 Å². The molecular weight excluding hydrogens is 712 g/mol. The van der Waals surface area contributed by atoms with E-state index >= 15 is 0 Å². The molecule has 0 unspecified atom stereocenters. The Bertz CT molecular complexity index is 671. The maximum absolute atomic E-state index is 2.47. The van der Waals surface area contributed by atoms with Gasteiger partial charge in [-0.3, -0.25) is 0 Å². The molecule has 1 aliphatic rings. The lowest BCUT2D eigenvalue weighted by Crippen LogP contribution is -2.23. The lowest BCUT2D eigenvalue weighted by atomic mass is 9.74. The molecule has 0 spiro atoms. The molecule has 0 radical (unpaired) electrons. The maximum Gasteiger partial charge on any atom is 0.0270 e. The van der Waals surface area contributed by atoms with Gasteiger partial charge in [-0.2, -0.15) is 0 Å². The van der Waals surface area contributed by atoms with Gasteiger partial charge in [0.05, 0.1) is 0 Å². The lowest BCUT2D eigenvalue weighted by molar-refractivity contribution is 0.490. The molecular formula is C17H14I4. The van der Waals surface area contributed by atoms with E-state index in [9.17, 15) is 0 Å². The molecule has 3 rings (SSSR count). The molecule has 0 nitrogen and oxygen atoms in total. The topological polar surface area (TPSA) is 0 Å². The van der Waals surface area contributed by atoms with Crippen LogP contribution in [0.4, 0.5) is 0 Å². The number of benzene rings is 2. The van der Waals surface area contributed by atoms with Crippen LogP contribution in [0, 0.1) is 14.3 Å². The minimum atomic E-state index is 0.194. The number of halogens is 4. The fraction of sp³-hybridized carbons (Fsp3) is 0.294. The standard InChI is InChI=1S/C17H14I4/c1-3-17(4-2)11-7-15(20)13(18)5-9(11)10-6-14(19)16(21)8-12(10)17/h5-8H,3-4H2,1-2H3. The third kappa shape index (κ3) is 2.61. The van der Waals surface area contributed by atoms with Gasteiger partial charge in [0.1, 0.15) is 0 Å². The van der Waals surface area contributed by atoms with E-state index < -0.39 is 0 Å². The zero-order valence-corrected chi connectivity index (χ0v) is 20.4. The van der Waals surface area contributed by atoms with Crippen LogP contribution in [-0.4, -0.2) is 0 Å². The highest BCUT2D eigenvalue weighted by Gasteiger charge is 2.41. The fourth-order valence-electron chi connectivity index (χ4n) is 3.49. The van der Waals surface area contributed by atoms with Crippen LogP contribution in [0.5, 0.6) is 0 Å². The van der Waals surface area contributed by atoms with Crippen LogP contribution in [0.2, 0.25) is 0 Å². The molecule has 0 aliphatic heterocycles. The second kappa shape index (κ2) is 6.34. The van der Waals surface area contributed by atoms with Crippen LogP contribution < -0.4 is 0 Å². The summed E-state index contributed by atoms with van der Waals surface area (Å²) in [7, 11) is 0. The Kier molecular flexibility index (Phi) is 5.19. The number of rotatable bonds is 2. The molecule has 110 valence electrons. The van der Waals surface area contributed by atoms with Crippen LogP contribution in [0.1, 0.15) is 37.8 Å². The minimum Gasteiger partial charge on any atom is -0.0642 e. The Morgan fingerprint density at radius 2 is 1.00 bits per heavy atom. The molecule has 0 atom stereocenters. The molecule has 0 bridgehead atoms. The molecule has 21 heavy (non-hydrogen) atoms. The van der Waals surface area contributed by atoms with Crippen molar-refractivity contribution in [1.82, 2.24) is 0 Å². The Balaban J connectivity index is 2.42. The fourth-order valence-corrected chi connectivity index (χ4v) is 5.36. The van der Waals surface area contributed by atoms with Gasteiger partial charge in [-0.1, -0.05) is 13.8 Å². The predicted molar refractivity (Wildman–Crippen MR) is 124 cm³/mol. The first-order valence-corrected chi connectivity index (χ1v) is 11.3. The lowest BCUT2D eigenvalue weighted by Gasteiger charge is -2.30. The van der Waals surface area contributed by atoms with Crippen molar-refractivity contribution < 1.29 is 0 Å².